The summed E-state index contributed by atoms with van der Waals surface area (Å²) < 4.78 is 4.05. The molecule has 3 rings (SSSR count). The summed E-state index contributed by atoms with van der Waals surface area (Å²) in [5.74, 6) is 0.0914. The summed E-state index contributed by atoms with van der Waals surface area (Å²) in [5, 5.41) is 17.1. The van der Waals surface area contributed by atoms with E-state index in [1.54, 1.807) is 0 Å². The van der Waals surface area contributed by atoms with Crippen LogP contribution < -0.4 is 16.4 Å². The molecule has 7 heteroatoms. The second-order valence-electron chi connectivity index (χ2n) is 5.80. The highest BCUT2D eigenvalue weighted by Crippen LogP contribution is 2.32. The molecule has 0 radical (unpaired) electrons. The van der Waals surface area contributed by atoms with E-state index in [9.17, 15) is 9.90 Å². The third kappa shape index (κ3) is 2.88. The Morgan fingerprint density at radius 1 is 1.45 bits per heavy atom. The van der Waals surface area contributed by atoms with Crippen LogP contribution in [0.5, 0.6) is 0 Å². The highest BCUT2D eigenvalue weighted by Gasteiger charge is 2.32. The molecule has 0 aromatic carbocycles. The van der Waals surface area contributed by atoms with Gasteiger partial charge in [-0.15, -0.1) is 0 Å². The lowest BCUT2D eigenvalue weighted by Gasteiger charge is -2.22. The molecule has 0 bridgehead atoms. The molecule has 0 atom stereocenters. The monoisotopic (exact) mass is 296 g/mol. The first-order chi connectivity index (χ1) is 9.57. The van der Waals surface area contributed by atoms with Crippen LogP contribution in [0.1, 0.15) is 48.9 Å². The molecular weight excluding hydrogens is 276 g/mol. The normalized spacial score (nSPS) is 20.9. The van der Waals surface area contributed by atoms with Crippen LogP contribution in [0.3, 0.4) is 0 Å². The Labute approximate surface area is 121 Å². The molecule has 2 fully saturated rings. The number of aliphatic hydroxyl groups is 1. The fourth-order valence-corrected chi connectivity index (χ4v) is 3.29. The van der Waals surface area contributed by atoms with Gasteiger partial charge in [0.05, 0.1) is 5.60 Å². The maximum atomic E-state index is 12.1. The van der Waals surface area contributed by atoms with E-state index in [2.05, 4.69) is 15.0 Å². The second kappa shape index (κ2) is 5.21. The predicted octanol–water partition coefficient (Wildman–Crippen LogP) is 1.33. The number of hydrogen-bond donors (Lipinski definition) is 4. The van der Waals surface area contributed by atoms with Crippen molar-refractivity contribution in [2.45, 2.75) is 50.2 Å². The van der Waals surface area contributed by atoms with Crippen LogP contribution in [0.15, 0.2) is 0 Å². The van der Waals surface area contributed by atoms with Crippen LogP contribution >= 0.6 is 11.5 Å². The topological polar surface area (TPSA) is 100 Å². The second-order valence-corrected chi connectivity index (χ2v) is 6.58. The van der Waals surface area contributed by atoms with E-state index in [1.807, 2.05) is 0 Å². The van der Waals surface area contributed by atoms with Gasteiger partial charge in [0.25, 0.3) is 5.91 Å². The van der Waals surface area contributed by atoms with Gasteiger partial charge in [-0.25, -0.2) is 0 Å². The number of amides is 1. The molecule has 20 heavy (non-hydrogen) atoms. The van der Waals surface area contributed by atoms with Crippen molar-refractivity contribution in [2.75, 3.05) is 17.6 Å². The Morgan fingerprint density at radius 2 is 2.15 bits per heavy atom. The lowest BCUT2D eigenvalue weighted by atomic mass is 10.0. The Bertz CT molecular complexity index is 506. The first-order valence-corrected chi connectivity index (χ1v) is 7.87. The van der Waals surface area contributed by atoms with Gasteiger partial charge in [-0.1, -0.05) is 12.8 Å². The van der Waals surface area contributed by atoms with E-state index in [0.717, 1.165) is 38.5 Å². The minimum Gasteiger partial charge on any atom is -0.388 e. The van der Waals surface area contributed by atoms with E-state index in [-0.39, 0.29) is 17.8 Å². The van der Waals surface area contributed by atoms with Gasteiger partial charge in [0.2, 0.25) is 0 Å². The summed E-state index contributed by atoms with van der Waals surface area (Å²) in [6.45, 7) is 0.443. The number of nitrogens with two attached hydrogens (primary N) is 1. The highest BCUT2D eigenvalue weighted by molar-refractivity contribution is 7.11. The summed E-state index contributed by atoms with van der Waals surface area (Å²) in [4.78, 5) is 12.1. The maximum absolute atomic E-state index is 12.1. The van der Waals surface area contributed by atoms with Crippen LogP contribution in [-0.2, 0) is 0 Å². The van der Waals surface area contributed by atoms with Crippen molar-refractivity contribution in [3.63, 3.8) is 0 Å². The summed E-state index contributed by atoms with van der Waals surface area (Å²) in [6.07, 6.45) is 5.78. The fraction of sp³-hybridized carbons (Fsp3) is 0.692. The zero-order chi connectivity index (χ0) is 14.2. The van der Waals surface area contributed by atoms with Crippen molar-refractivity contribution in [2.24, 2.45) is 0 Å². The Morgan fingerprint density at radius 3 is 2.80 bits per heavy atom. The Balaban J connectivity index is 1.67. The van der Waals surface area contributed by atoms with Crippen LogP contribution in [0.4, 0.5) is 10.8 Å². The molecule has 2 aliphatic carbocycles. The van der Waals surface area contributed by atoms with E-state index in [4.69, 9.17) is 5.73 Å². The van der Waals surface area contributed by atoms with Gasteiger partial charge in [0.1, 0.15) is 10.6 Å². The van der Waals surface area contributed by atoms with E-state index >= 15 is 0 Å². The maximum Gasteiger partial charge on any atom is 0.258 e. The largest absolute Gasteiger partial charge is 0.388 e. The molecule has 2 saturated carbocycles. The van der Waals surface area contributed by atoms with E-state index < -0.39 is 5.60 Å². The molecule has 0 spiro atoms. The van der Waals surface area contributed by atoms with E-state index in [0.29, 0.717) is 17.1 Å². The molecule has 5 N–H and O–H groups in total. The van der Waals surface area contributed by atoms with Gasteiger partial charge in [-0.05, 0) is 37.2 Å². The van der Waals surface area contributed by atoms with Crippen molar-refractivity contribution in [1.29, 1.82) is 0 Å². The van der Waals surface area contributed by atoms with E-state index in [1.165, 1.54) is 11.5 Å². The molecule has 0 saturated heterocycles. The van der Waals surface area contributed by atoms with Gasteiger partial charge in [-0.2, -0.15) is 4.37 Å². The number of anilines is 2. The predicted molar refractivity (Wildman–Crippen MR) is 78.9 cm³/mol. The lowest BCUT2D eigenvalue weighted by molar-refractivity contribution is 0.0614. The quantitative estimate of drug-likeness (QED) is 0.657. The summed E-state index contributed by atoms with van der Waals surface area (Å²) in [6, 6.07) is 0.286. The average molecular weight is 296 g/mol. The molecule has 1 amide bonds. The number of aromatic nitrogens is 1. The molecule has 110 valence electrons. The minimum atomic E-state index is -0.664. The number of hydrogen-bond acceptors (Lipinski definition) is 6. The average Bonchev–Trinajstić information content (AvgIpc) is 2.98. The molecule has 1 aromatic rings. The van der Waals surface area contributed by atoms with Crippen molar-refractivity contribution >= 4 is 28.3 Å². The van der Waals surface area contributed by atoms with Crippen LogP contribution in [-0.4, -0.2) is 33.6 Å². The molecule has 2 aliphatic rings. The number of nitrogens with one attached hydrogen (secondary N) is 2. The van der Waals surface area contributed by atoms with Gasteiger partial charge in [0.15, 0.2) is 5.82 Å². The van der Waals surface area contributed by atoms with Crippen molar-refractivity contribution in [3.8, 4) is 0 Å². The van der Waals surface area contributed by atoms with Gasteiger partial charge < -0.3 is 21.5 Å². The molecule has 1 aromatic heterocycles. The SMILES string of the molecule is Nc1nsc(NCC2(O)CCCC2)c1C(=O)NC1CC1. The third-order valence-corrected chi connectivity index (χ3v) is 4.79. The third-order valence-electron chi connectivity index (χ3n) is 3.97. The Hall–Kier alpha value is -1.34. The molecule has 0 unspecified atom stereocenters. The zero-order valence-corrected chi connectivity index (χ0v) is 12.1. The molecular formula is C13H20N4O2S. The molecule has 0 aliphatic heterocycles. The number of nitrogens with zero attached hydrogens (tertiary/aromatic N) is 1. The molecule has 6 nitrogen and oxygen atoms in total. The summed E-state index contributed by atoms with van der Waals surface area (Å²) >= 11 is 1.18. The van der Waals surface area contributed by atoms with Gasteiger partial charge >= 0.3 is 0 Å². The van der Waals surface area contributed by atoms with Crippen LogP contribution in [0.25, 0.3) is 0 Å². The standard InChI is InChI=1S/C13H20N4O2S/c14-10-9(11(18)16-8-3-4-8)12(20-17-10)15-7-13(19)5-1-2-6-13/h8,15,19H,1-7H2,(H2,14,17)(H,16,18). The van der Waals surface area contributed by atoms with Gasteiger partial charge in [0, 0.05) is 12.6 Å². The Kier molecular flexibility index (Phi) is 3.55. The fourth-order valence-electron chi connectivity index (χ4n) is 2.58. The van der Waals surface area contributed by atoms with Crippen molar-refractivity contribution in [3.05, 3.63) is 5.56 Å². The van der Waals surface area contributed by atoms with Gasteiger partial charge in [-0.3, -0.25) is 4.79 Å². The van der Waals surface area contributed by atoms with Crippen LogP contribution in [0.2, 0.25) is 0 Å². The first kappa shape index (κ1) is 13.6. The first-order valence-electron chi connectivity index (χ1n) is 7.10. The minimum absolute atomic E-state index is 0.167. The number of carbonyl (C=O) groups is 1. The number of carbonyl (C=O) groups excluding carboxylic acids is 1. The molecule has 1 heterocycles. The zero-order valence-electron chi connectivity index (χ0n) is 11.3. The van der Waals surface area contributed by atoms with Crippen LogP contribution in [0, 0.1) is 0 Å². The summed E-state index contributed by atoms with van der Waals surface area (Å²) in [7, 11) is 0. The number of nitrogen functional groups attached to an aromatic ring is 1. The smallest absolute Gasteiger partial charge is 0.258 e. The summed E-state index contributed by atoms with van der Waals surface area (Å²) in [5.41, 5.74) is 5.55. The lowest BCUT2D eigenvalue weighted by Crippen LogP contribution is -2.34. The number of rotatable bonds is 5. The van der Waals surface area contributed by atoms with Crippen molar-refractivity contribution in [1.82, 2.24) is 9.69 Å². The van der Waals surface area contributed by atoms with Crippen molar-refractivity contribution < 1.29 is 9.90 Å². The highest BCUT2D eigenvalue weighted by atomic mass is 32.1.